The van der Waals surface area contributed by atoms with Crippen LogP contribution in [0.5, 0.6) is 5.88 Å². The zero-order valence-electron chi connectivity index (χ0n) is 10.4. The van der Waals surface area contributed by atoms with E-state index < -0.39 is 0 Å². The van der Waals surface area contributed by atoms with Crippen molar-refractivity contribution in [2.24, 2.45) is 0 Å². The van der Waals surface area contributed by atoms with Crippen molar-refractivity contribution >= 4 is 27.5 Å². The molecule has 0 aliphatic rings. The number of thiophene rings is 1. The molecule has 1 atom stereocenters. The van der Waals surface area contributed by atoms with Crippen molar-refractivity contribution in [1.29, 1.82) is 0 Å². The summed E-state index contributed by atoms with van der Waals surface area (Å²) in [7, 11) is 1.81. The highest BCUT2D eigenvalue weighted by molar-refractivity contribution is 7.16. The summed E-state index contributed by atoms with van der Waals surface area (Å²) in [5.74, 6) is 1.29. The fraction of sp³-hybridized carbons (Fsp3) is 0.500. The van der Waals surface area contributed by atoms with Gasteiger partial charge in [0.1, 0.15) is 4.83 Å². The Morgan fingerprint density at radius 1 is 1.47 bits per heavy atom. The van der Waals surface area contributed by atoms with Gasteiger partial charge in [-0.05, 0) is 24.8 Å². The maximum Gasteiger partial charge on any atom is 0.227 e. The molecule has 2 rings (SSSR count). The van der Waals surface area contributed by atoms with Gasteiger partial charge in [0.15, 0.2) is 0 Å². The minimum Gasteiger partial charge on any atom is -0.474 e. The molecule has 0 amide bonds. The van der Waals surface area contributed by atoms with Gasteiger partial charge in [0.25, 0.3) is 0 Å². The van der Waals surface area contributed by atoms with Crippen LogP contribution in [0.2, 0.25) is 0 Å². The van der Waals surface area contributed by atoms with Crippen LogP contribution in [-0.4, -0.2) is 23.1 Å². The van der Waals surface area contributed by atoms with Crippen LogP contribution in [-0.2, 0) is 0 Å². The van der Waals surface area contributed by atoms with E-state index in [1.165, 1.54) is 0 Å². The van der Waals surface area contributed by atoms with Crippen molar-refractivity contribution < 1.29 is 4.74 Å². The molecule has 1 N–H and O–H groups in total. The first-order valence-corrected chi connectivity index (χ1v) is 6.72. The Kier molecular flexibility index (Phi) is 3.78. The van der Waals surface area contributed by atoms with E-state index in [1.54, 1.807) is 11.3 Å². The Morgan fingerprint density at radius 3 is 3.00 bits per heavy atom. The molecule has 2 aromatic rings. The molecule has 0 aromatic carbocycles. The molecule has 4 nitrogen and oxygen atoms in total. The van der Waals surface area contributed by atoms with Gasteiger partial charge >= 0.3 is 0 Å². The normalized spacial score (nSPS) is 12.6. The number of hydrogen-bond acceptors (Lipinski definition) is 5. The van der Waals surface area contributed by atoms with Gasteiger partial charge in [-0.3, -0.25) is 0 Å². The van der Waals surface area contributed by atoms with Crippen LogP contribution in [0.15, 0.2) is 11.4 Å². The maximum atomic E-state index is 5.88. The van der Waals surface area contributed by atoms with E-state index >= 15 is 0 Å². The molecule has 0 aliphatic carbocycles. The summed E-state index contributed by atoms with van der Waals surface area (Å²) in [6.45, 7) is 4.22. The zero-order valence-corrected chi connectivity index (χ0v) is 11.2. The van der Waals surface area contributed by atoms with E-state index in [0.29, 0.717) is 11.8 Å². The SMILES string of the molecule is CCCC(C)Oc1nc(NC)nc2sccc12. The lowest BCUT2D eigenvalue weighted by molar-refractivity contribution is 0.204. The minimum absolute atomic E-state index is 0.183. The molecule has 0 aliphatic heterocycles. The summed E-state index contributed by atoms with van der Waals surface area (Å²) in [4.78, 5) is 9.72. The highest BCUT2D eigenvalue weighted by atomic mass is 32.1. The Bertz CT molecular complexity index is 497. The minimum atomic E-state index is 0.183. The summed E-state index contributed by atoms with van der Waals surface area (Å²) in [6, 6.07) is 2.01. The highest BCUT2D eigenvalue weighted by Crippen LogP contribution is 2.29. The predicted molar refractivity (Wildman–Crippen MR) is 72.0 cm³/mol. The molecular weight excluding hydrogens is 234 g/mol. The first kappa shape index (κ1) is 12.1. The van der Waals surface area contributed by atoms with Crippen LogP contribution in [0, 0.1) is 0 Å². The molecule has 17 heavy (non-hydrogen) atoms. The molecule has 0 radical (unpaired) electrons. The summed E-state index contributed by atoms with van der Waals surface area (Å²) < 4.78 is 5.88. The average Bonchev–Trinajstić information content (AvgIpc) is 2.77. The van der Waals surface area contributed by atoms with Crippen molar-refractivity contribution in [2.45, 2.75) is 32.8 Å². The first-order chi connectivity index (χ1) is 8.24. The van der Waals surface area contributed by atoms with Crippen LogP contribution >= 0.6 is 11.3 Å². The molecule has 0 spiro atoms. The number of anilines is 1. The Morgan fingerprint density at radius 2 is 2.29 bits per heavy atom. The van der Waals surface area contributed by atoms with Gasteiger partial charge in [0.2, 0.25) is 11.8 Å². The molecular formula is C12H17N3OS. The van der Waals surface area contributed by atoms with Gasteiger partial charge < -0.3 is 10.1 Å². The van der Waals surface area contributed by atoms with E-state index in [9.17, 15) is 0 Å². The summed E-state index contributed by atoms with van der Waals surface area (Å²) in [6.07, 6.45) is 2.32. The average molecular weight is 251 g/mol. The molecule has 2 aromatic heterocycles. The van der Waals surface area contributed by atoms with E-state index in [0.717, 1.165) is 23.1 Å². The number of nitrogens with one attached hydrogen (secondary N) is 1. The second-order valence-corrected chi connectivity index (χ2v) is 4.85. The van der Waals surface area contributed by atoms with Crippen LogP contribution in [0.1, 0.15) is 26.7 Å². The van der Waals surface area contributed by atoms with Gasteiger partial charge in [0, 0.05) is 7.05 Å². The van der Waals surface area contributed by atoms with Crippen LogP contribution in [0.3, 0.4) is 0 Å². The van der Waals surface area contributed by atoms with E-state index in [4.69, 9.17) is 4.74 Å². The number of ether oxygens (including phenoxy) is 1. The van der Waals surface area contributed by atoms with Crippen LogP contribution in [0.4, 0.5) is 5.95 Å². The van der Waals surface area contributed by atoms with Crippen molar-refractivity contribution in [1.82, 2.24) is 9.97 Å². The smallest absolute Gasteiger partial charge is 0.227 e. The largest absolute Gasteiger partial charge is 0.474 e. The standard InChI is InChI=1S/C12H17N3OS/c1-4-5-8(2)16-10-9-6-7-17-11(9)15-12(13-3)14-10/h6-8H,4-5H2,1-3H3,(H,13,14,15). The Balaban J connectivity index is 2.33. The number of nitrogens with zero attached hydrogens (tertiary/aromatic N) is 2. The van der Waals surface area contributed by atoms with Gasteiger partial charge in [-0.25, -0.2) is 4.98 Å². The van der Waals surface area contributed by atoms with E-state index in [2.05, 4.69) is 29.1 Å². The monoisotopic (exact) mass is 251 g/mol. The topological polar surface area (TPSA) is 47.0 Å². The van der Waals surface area contributed by atoms with Crippen LogP contribution in [0.25, 0.3) is 10.2 Å². The molecule has 1 unspecified atom stereocenters. The molecule has 0 saturated carbocycles. The Labute approximate surface area is 105 Å². The van der Waals surface area contributed by atoms with Crippen LogP contribution < -0.4 is 10.1 Å². The van der Waals surface area contributed by atoms with Crippen molar-refractivity contribution in [3.63, 3.8) is 0 Å². The number of rotatable bonds is 5. The van der Waals surface area contributed by atoms with E-state index in [-0.39, 0.29) is 6.10 Å². The third-order valence-electron chi connectivity index (χ3n) is 2.52. The number of hydrogen-bond donors (Lipinski definition) is 1. The third kappa shape index (κ3) is 2.66. The zero-order chi connectivity index (χ0) is 12.3. The summed E-state index contributed by atoms with van der Waals surface area (Å²) in [5, 5.41) is 5.97. The third-order valence-corrected chi connectivity index (χ3v) is 3.33. The van der Waals surface area contributed by atoms with Gasteiger partial charge in [-0.2, -0.15) is 4.98 Å². The summed E-state index contributed by atoms with van der Waals surface area (Å²) >= 11 is 1.60. The lowest BCUT2D eigenvalue weighted by atomic mass is 10.2. The predicted octanol–water partition coefficient (Wildman–Crippen LogP) is 3.30. The van der Waals surface area contributed by atoms with E-state index in [1.807, 2.05) is 18.5 Å². The molecule has 0 bridgehead atoms. The van der Waals surface area contributed by atoms with Gasteiger partial charge in [-0.1, -0.05) is 13.3 Å². The van der Waals surface area contributed by atoms with Crippen molar-refractivity contribution in [3.8, 4) is 5.88 Å². The molecule has 0 saturated heterocycles. The maximum absolute atomic E-state index is 5.88. The van der Waals surface area contributed by atoms with Gasteiger partial charge in [-0.15, -0.1) is 11.3 Å². The number of aromatic nitrogens is 2. The van der Waals surface area contributed by atoms with Crippen molar-refractivity contribution in [3.05, 3.63) is 11.4 Å². The lowest BCUT2D eigenvalue weighted by Gasteiger charge is -2.14. The Hall–Kier alpha value is -1.36. The lowest BCUT2D eigenvalue weighted by Crippen LogP contribution is -2.12. The fourth-order valence-electron chi connectivity index (χ4n) is 1.69. The number of fused-ring (bicyclic) bond motifs is 1. The highest BCUT2D eigenvalue weighted by Gasteiger charge is 2.12. The molecule has 5 heteroatoms. The van der Waals surface area contributed by atoms with Gasteiger partial charge in [0.05, 0.1) is 11.5 Å². The first-order valence-electron chi connectivity index (χ1n) is 5.84. The molecule has 2 heterocycles. The quantitative estimate of drug-likeness (QED) is 0.885. The van der Waals surface area contributed by atoms with Crippen molar-refractivity contribution in [2.75, 3.05) is 12.4 Å². The fourth-order valence-corrected chi connectivity index (χ4v) is 2.44. The second kappa shape index (κ2) is 5.31. The molecule has 92 valence electrons. The molecule has 0 fully saturated rings. The summed E-state index contributed by atoms with van der Waals surface area (Å²) in [5.41, 5.74) is 0. The second-order valence-electron chi connectivity index (χ2n) is 3.96.